The maximum absolute atomic E-state index is 12.6. The van der Waals surface area contributed by atoms with Gasteiger partial charge in [0.1, 0.15) is 5.75 Å². The van der Waals surface area contributed by atoms with Gasteiger partial charge >= 0.3 is 0 Å². The van der Waals surface area contributed by atoms with E-state index >= 15 is 0 Å². The Bertz CT molecular complexity index is 835. The molecule has 2 aromatic rings. The van der Waals surface area contributed by atoms with E-state index in [2.05, 4.69) is 5.32 Å². The van der Waals surface area contributed by atoms with Crippen LogP contribution < -0.4 is 10.1 Å². The number of halogens is 1. The molecule has 6 heteroatoms. The summed E-state index contributed by atoms with van der Waals surface area (Å²) in [6.45, 7) is 2.87. The summed E-state index contributed by atoms with van der Waals surface area (Å²) >= 11 is 5.99. The Hall–Kier alpha value is -2.53. The molecule has 0 spiro atoms. The predicted octanol–water partition coefficient (Wildman–Crippen LogP) is 3.51. The molecule has 1 heterocycles. The van der Waals surface area contributed by atoms with Crippen LogP contribution in [-0.4, -0.2) is 30.4 Å². The van der Waals surface area contributed by atoms with Gasteiger partial charge in [-0.3, -0.25) is 9.59 Å². The van der Waals surface area contributed by atoms with Gasteiger partial charge in [-0.1, -0.05) is 17.7 Å². The van der Waals surface area contributed by atoms with Gasteiger partial charge in [0.25, 0.3) is 5.91 Å². The van der Waals surface area contributed by atoms with Crippen LogP contribution in [0.1, 0.15) is 28.4 Å². The maximum Gasteiger partial charge on any atom is 0.259 e. The van der Waals surface area contributed by atoms with E-state index in [9.17, 15) is 9.59 Å². The van der Waals surface area contributed by atoms with Crippen molar-refractivity contribution in [1.82, 2.24) is 4.90 Å². The lowest BCUT2D eigenvalue weighted by molar-refractivity contribution is -0.129. The minimum Gasteiger partial charge on any atom is -0.496 e. The number of nitrogens with zero attached hydrogens (tertiary/aromatic N) is 1. The van der Waals surface area contributed by atoms with E-state index in [4.69, 9.17) is 16.3 Å². The molecule has 130 valence electrons. The molecule has 1 aliphatic heterocycles. The van der Waals surface area contributed by atoms with Gasteiger partial charge in [0.15, 0.2) is 0 Å². The fourth-order valence-corrected chi connectivity index (χ4v) is 3.13. The van der Waals surface area contributed by atoms with Crippen molar-refractivity contribution >= 4 is 29.1 Å². The SMILES string of the molecule is COc1ccc(Cl)cc1C(=O)Nc1ccc2c(c1)CN(C(C)=O)CC2. The Labute approximate surface area is 151 Å². The molecule has 25 heavy (non-hydrogen) atoms. The Morgan fingerprint density at radius 2 is 1.96 bits per heavy atom. The zero-order valence-corrected chi connectivity index (χ0v) is 14.9. The first-order valence-electron chi connectivity index (χ1n) is 8.00. The van der Waals surface area contributed by atoms with Crippen LogP contribution in [0.25, 0.3) is 0 Å². The monoisotopic (exact) mass is 358 g/mol. The van der Waals surface area contributed by atoms with Crippen LogP contribution >= 0.6 is 11.6 Å². The highest BCUT2D eigenvalue weighted by atomic mass is 35.5. The molecule has 2 aromatic carbocycles. The van der Waals surface area contributed by atoms with Gasteiger partial charge < -0.3 is 15.0 Å². The molecule has 5 nitrogen and oxygen atoms in total. The lowest BCUT2D eigenvalue weighted by Gasteiger charge is -2.28. The third kappa shape index (κ3) is 3.77. The molecule has 0 fully saturated rings. The van der Waals surface area contributed by atoms with Crippen molar-refractivity contribution in [3.05, 3.63) is 58.1 Å². The van der Waals surface area contributed by atoms with E-state index in [0.29, 0.717) is 28.6 Å². The number of fused-ring (bicyclic) bond motifs is 1. The molecule has 3 rings (SSSR count). The number of anilines is 1. The second kappa shape index (κ2) is 7.15. The van der Waals surface area contributed by atoms with E-state index in [1.54, 1.807) is 30.0 Å². The number of carbonyl (C=O) groups excluding carboxylic acids is 2. The summed E-state index contributed by atoms with van der Waals surface area (Å²) in [5.41, 5.74) is 3.31. The van der Waals surface area contributed by atoms with Crippen molar-refractivity contribution in [2.45, 2.75) is 19.9 Å². The minimum absolute atomic E-state index is 0.0590. The fourth-order valence-electron chi connectivity index (χ4n) is 2.96. The number of carbonyl (C=O) groups is 2. The molecular weight excluding hydrogens is 340 g/mol. The molecule has 0 saturated carbocycles. The Balaban J connectivity index is 1.82. The highest BCUT2D eigenvalue weighted by molar-refractivity contribution is 6.31. The number of ether oxygens (including phenoxy) is 1. The first-order chi connectivity index (χ1) is 12.0. The standard InChI is InChI=1S/C19H19ClN2O3/c1-12(23)22-8-7-13-3-5-16(9-14(13)11-22)21-19(24)17-10-15(20)4-6-18(17)25-2/h3-6,9-10H,7-8,11H2,1-2H3,(H,21,24). The summed E-state index contributed by atoms with van der Waals surface area (Å²) in [7, 11) is 1.51. The van der Waals surface area contributed by atoms with E-state index in [1.165, 1.54) is 12.7 Å². The topological polar surface area (TPSA) is 58.6 Å². The molecule has 0 saturated heterocycles. The van der Waals surface area contributed by atoms with Crippen LogP contribution in [0.2, 0.25) is 5.02 Å². The van der Waals surface area contributed by atoms with Gasteiger partial charge in [-0.25, -0.2) is 0 Å². The van der Waals surface area contributed by atoms with Crippen LogP contribution in [0.5, 0.6) is 5.75 Å². The smallest absolute Gasteiger partial charge is 0.259 e. The summed E-state index contributed by atoms with van der Waals surface area (Å²) in [4.78, 5) is 26.0. The van der Waals surface area contributed by atoms with E-state index in [0.717, 1.165) is 18.5 Å². The molecular formula is C19H19ClN2O3. The molecule has 1 N–H and O–H groups in total. The number of hydrogen-bond donors (Lipinski definition) is 1. The van der Waals surface area contributed by atoms with Crippen molar-refractivity contribution < 1.29 is 14.3 Å². The Morgan fingerprint density at radius 3 is 2.68 bits per heavy atom. The average Bonchev–Trinajstić information content (AvgIpc) is 2.60. The van der Waals surface area contributed by atoms with Crippen molar-refractivity contribution in [2.24, 2.45) is 0 Å². The van der Waals surface area contributed by atoms with Crippen LogP contribution in [0, 0.1) is 0 Å². The molecule has 0 bridgehead atoms. The molecule has 0 atom stereocenters. The van der Waals surface area contributed by atoms with Gasteiger partial charge in [-0.05, 0) is 47.9 Å². The summed E-state index contributed by atoms with van der Waals surface area (Å²) in [6.07, 6.45) is 0.825. The summed E-state index contributed by atoms with van der Waals surface area (Å²) in [5, 5.41) is 3.34. The normalized spacial score (nSPS) is 13.2. The summed E-state index contributed by atoms with van der Waals surface area (Å²) in [5.74, 6) is 0.227. The second-order valence-electron chi connectivity index (χ2n) is 5.97. The Kier molecular flexibility index (Phi) is 4.95. The molecule has 0 aromatic heterocycles. The number of hydrogen-bond acceptors (Lipinski definition) is 3. The molecule has 1 aliphatic rings. The largest absolute Gasteiger partial charge is 0.496 e. The lowest BCUT2D eigenvalue weighted by atomic mass is 9.99. The van der Waals surface area contributed by atoms with Crippen LogP contribution in [0.4, 0.5) is 5.69 Å². The van der Waals surface area contributed by atoms with Gasteiger partial charge in [0.2, 0.25) is 5.91 Å². The molecule has 2 amide bonds. The predicted molar refractivity (Wildman–Crippen MR) is 97.2 cm³/mol. The summed E-state index contributed by atoms with van der Waals surface area (Å²) < 4.78 is 5.23. The highest BCUT2D eigenvalue weighted by Crippen LogP contribution is 2.26. The van der Waals surface area contributed by atoms with E-state index < -0.39 is 0 Å². The van der Waals surface area contributed by atoms with Gasteiger partial charge in [-0.15, -0.1) is 0 Å². The first-order valence-corrected chi connectivity index (χ1v) is 8.38. The number of benzene rings is 2. The third-order valence-corrected chi connectivity index (χ3v) is 4.56. The van der Waals surface area contributed by atoms with Gasteiger partial charge in [0, 0.05) is 30.7 Å². The summed E-state index contributed by atoms with van der Waals surface area (Å²) in [6, 6.07) is 10.7. The number of amides is 2. The molecule has 0 radical (unpaired) electrons. The number of rotatable bonds is 3. The molecule has 0 unspecified atom stereocenters. The van der Waals surface area contributed by atoms with Crippen molar-refractivity contribution in [3.63, 3.8) is 0 Å². The second-order valence-corrected chi connectivity index (χ2v) is 6.41. The minimum atomic E-state index is -0.293. The van der Waals surface area contributed by atoms with Crippen LogP contribution in [-0.2, 0) is 17.8 Å². The average molecular weight is 359 g/mol. The van der Waals surface area contributed by atoms with Gasteiger partial charge in [-0.2, -0.15) is 0 Å². The number of methoxy groups -OCH3 is 1. The third-order valence-electron chi connectivity index (χ3n) is 4.33. The zero-order chi connectivity index (χ0) is 18.0. The fraction of sp³-hybridized carbons (Fsp3) is 0.263. The van der Waals surface area contributed by atoms with Crippen LogP contribution in [0.3, 0.4) is 0 Å². The van der Waals surface area contributed by atoms with Gasteiger partial charge in [0.05, 0.1) is 12.7 Å². The lowest BCUT2D eigenvalue weighted by Crippen LogP contribution is -2.34. The molecule has 0 aliphatic carbocycles. The van der Waals surface area contributed by atoms with E-state index in [1.807, 2.05) is 18.2 Å². The van der Waals surface area contributed by atoms with Crippen molar-refractivity contribution in [2.75, 3.05) is 19.0 Å². The Morgan fingerprint density at radius 1 is 1.16 bits per heavy atom. The first kappa shape index (κ1) is 17.3. The highest BCUT2D eigenvalue weighted by Gasteiger charge is 2.19. The van der Waals surface area contributed by atoms with E-state index in [-0.39, 0.29) is 11.8 Å². The number of nitrogens with one attached hydrogen (secondary N) is 1. The zero-order valence-electron chi connectivity index (χ0n) is 14.1. The quantitative estimate of drug-likeness (QED) is 0.913. The maximum atomic E-state index is 12.6. The van der Waals surface area contributed by atoms with Crippen LogP contribution in [0.15, 0.2) is 36.4 Å². The van der Waals surface area contributed by atoms with Crippen molar-refractivity contribution in [1.29, 1.82) is 0 Å². The van der Waals surface area contributed by atoms with Crippen molar-refractivity contribution in [3.8, 4) is 5.75 Å².